The van der Waals surface area contributed by atoms with Crippen LogP contribution in [0.25, 0.3) is 0 Å². The molecule has 120 valence electrons. The average Bonchev–Trinajstić information content (AvgIpc) is 2.49. The highest BCUT2D eigenvalue weighted by molar-refractivity contribution is 7.89. The summed E-state index contributed by atoms with van der Waals surface area (Å²) in [5, 5.41) is 10.2. The van der Waals surface area contributed by atoms with Crippen molar-refractivity contribution in [3.63, 3.8) is 0 Å². The number of benzene rings is 2. The molecule has 0 radical (unpaired) electrons. The van der Waals surface area contributed by atoms with Crippen molar-refractivity contribution in [2.24, 2.45) is 5.14 Å². The predicted octanol–water partition coefficient (Wildman–Crippen LogP) is 1.56. The highest BCUT2D eigenvalue weighted by Gasteiger charge is 2.14. The SMILES string of the molecule is NS(=O)(=O)c1ccc(NC(=O)C(=O)Nc2ccc(Cl)cc2)cc1. The van der Waals surface area contributed by atoms with E-state index in [4.69, 9.17) is 16.7 Å². The van der Waals surface area contributed by atoms with Crippen LogP contribution in [-0.4, -0.2) is 20.2 Å². The molecule has 0 fully saturated rings. The van der Waals surface area contributed by atoms with Crippen LogP contribution in [0, 0.1) is 0 Å². The Hall–Kier alpha value is -2.42. The van der Waals surface area contributed by atoms with Crippen LogP contribution in [0.5, 0.6) is 0 Å². The molecule has 4 N–H and O–H groups in total. The summed E-state index contributed by atoms with van der Waals surface area (Å²) < 4.78 is 22.2. The van der Waals surface area contributed by atoms with Gasteiger partial charge in [0, 0.05) is 16.4 Å². The largest absolute Gasteiger partial charge is 0.318 e. The third-order valence-electron chi connectivity index (χ3n) is 2.75. The second-order valence-electron chi connectivity index (χ2n) is 4.48. The molecular formula is C14H12ClN3O4S. The number of carbonyl (C=O) groups is 2. The summed E-state index contributed by atoms with van der Waals surface area (Å²) >= 11 is 5.72. The number of hydrogen-bond donors (Lipinski definition) is 3. The minimum Gasteiger partial charge on any atom is -0.318 e. The maximum Gasteiger partial charge on any atom is 0.314 e. The summed E-state index contributed by atoms with van der Waals surface area (Å²) in [7, 11) is -3.81. The van der Waals surface area contributed by atoms with E-state index in [-0.39, 0.29) is 10.6 Å². The van der Waals surface area contributed by atoms with Crippen molar-refractivity contribution in [2.75, 3.05) is 10.6 Å². The zero-order chi connectivity index (χ0) is 17.0. The minimum atomic E-state index is -3.81. The van der Waals surface area contributed by atoms with E-state index < -0.39 is 21.8 Å². The van der Waals surface area contributed by atoms with Crippen molar-refractivity contribution < 1.29 is 18.0 Å². The van der Waals surface area contributed by atoms with Gasteiger partial charge in [0.1, 0.15) is 0 Å². The molecule has 23 heavy (non-hydrogen) atoms. The molecule has 0 saturated carbocycles. The summed E-state index contributed by atoms with van der Waals surface area (Å²) in [6.45, 7) is 0. The molecule has 2 rings (SSSR count). The van der Waals surface area contributed by atoms with E-state index >= 15 is 0 Å². The van der Waals surface area contributed by atoms with Crippen LogP contribution in [-0.2, 0) is 19.6 Å². The van der Waals surface area contributed by atoms with Gasteiger partial charge in [-0.15, -0.1) is 0 Å². The van der Waals surface area contributed by atoms with Crippen LogP contribution in [0.3, 0.4) is 0 Å². The summed E-state index contributed by atoms with van der Waals surface area (Å²) in [5.41, 5.74) is 0.674. The van der Waals surface area contributed by atoms with E-state index in [1.807, 2.05) is 0 Å². The van der Waals surface area contributed by atoms with Crippen LogP contribution in [0.4, 0.5) is 11.4 Å². The van der Waals surface area contributed by atoms with Crippen molar-refractivity contribution in [1.29, 1.82) is 0 Å². The topological polar surface area (TPSA) is 118 Å². The van der Waals surface area contributed by atoms with Crippen LogP contribution in [0.1, 0.15) is 0 Å². The Bertz CT molecular complexity index is 833. The molecule has 0 atom stereocenters. The molecule has 0 saturated heterocycles. The third kappa shape index (κ3) is 4.78. The van der Waals surface area contributed by atoms with Crippen molar-refractivity contribution in [1.82, 2.24) is 0 Å². The Kier molecular flexibility index (Phi) is 4.99. The van der Waals surface area contributed by atoms with Crippen LogP contribution in [0.15, 0.2) is 53.4 Å². The molecule has 9 heteroatoms. The lowest BCUT2D eigenvalue weighted by Gasteiger charge is -2.07. The summed E-state index contributed by atoms with van der Waals surface area (Å²) in [4.78, 5) is 23.4. The van der Waals surface area contributed by atoms with Crippen molar-refractivity contribution in [3.05, 3.63) is 53.6 Å². The van der Waals surface area contributed by atoms with Gasteiger partial charge in [0.15, 0.2) is 0 Å². The predicted molar refractivity (Wildman–Crippen MR) is 86.5 cm³/mol. The number of nitrogens with one attached hydrogen (secondary N) is 2. The first-order chi connectivity index (χ1) is 10.8. The number of sulfonamides is 1. The molecular weight excluding hydrogens is 342 g/mol. The number of anilines is 2. The van der Waals surface area contributed by atoms with Crippen molar-refractivity contribution in [3.8, 4) is 0 Å². The second-order valence-corrected chi connectivity index (χ2v) is 6.48. The lowest BCUT2D eigenvalue weighted by molar-refractivity contribution is -0.132. The molecule has 0 aliphatic rings. The number of halogens is 1. The number of amides is 2. The number of hydrogen-bond acceptors (Lipinski definition) is 4. The Morgan fingerprint density at radius 3 is 1.61 bits per heavy atom. The van der Waals surface area contributed by atoms with E-state index in [1.54, 1.807) is 24.3 Å². The van der Waals surface area contributed by atoms with E-state index in [0.717, 1.165) is 0 Å². The Morgan fingerprint density at radius 2 is 1.22 bits per heavy atom. The molecule has 0 heterocycles. The molecule has 2 amide bonds. The van der Waals surface area contributed by atoms with E-state index in [2.05, 4.69) is 10.6 Å². The number of carbonyl (C=O) groups excluding carboxylic acids is 2. The van der Waals surface area contributed by atoms with Crippen molar-refractivity contribution in [2.45, 2.75) is 4.90 Å². The number of primary sulfonamides is 1. The van der Waals surface area contributed by atoms with Gasteiger partial charge in [0.2, 0.25) is 10.0 Å². The quantitative estimate of drug-likeness (QED) is 0.725. The zero-order valence-electron chi connectivity index (χ0n) is 11.6. The van der Waals surface area contributed by atoms with Gasteiger partial charge in [-0.2, -0.15) is 0 Å². The van der Waals surface area contributed by atoms with E-state index in [9.17, 15) is 18.0 Å². The van der Waals surface area contributed by atoms with Gasteiger partial charge in [0.25, 0.3) is 0 Å². The maximum atomic E-state index is 11.8. The van der Waals surface area contributed by atoms with E-state index in [1.165, 1.54) is 24.3 Å². The van der Waals surface area contributed by atoms with Crippen LogP contribution < -0.4 is 15.8 Å². The average molecular weight is 354 g/mol. The fourth-order valence-corrected chi connectivity index (χ4v) is 2.28. The summed E-state index contributed by atoms with van der Waals surface area (Å²) in [5.74, 6) is -1.77. The van der Waals surface area contributed by atoms with Gasteiger partial charge in [-0.3, -0.25) is 9.59 Å². The summed E-state index contributed by atoms with van der Waals surface area (Å²) in [6.07, 6.45) is 0. The van der Waals surface area contributed by atoms with Crippen LogP contribution >= 0.6 is 11.6 Å². The Labute approximate surface area is 137 Å². The molecule has 0 aliphatic carbocycles. The maximum absolute atomic E-state index is 11.8. The monoisotopic (exact) mass is 353 g/mol. The van der Waals surface area contributed by atoms with Gasteiger partial charge in [-0.25, -0.2) is 13.6 Å². The molecule has 0 spiro atoms. The van der Waals surface area contributed by atoms with E-state index in [0.29, 0.717) is 10.7 Å². The fraction of sp³-hybridized carbons (Fsp3) is 0. The smallest absolute Gasteiger partial charge is 0.314 e. The Morgan fingerprint density at radius 1 is 0.826 bits per heavy atom. The first-order valence-corrected chi connectivity index (χ1v) is 8.19. The van der Waals surface area contributed by atoms with Gasteiger partial charge in [-0.05, 0) is 48.5 Å². The highest BCUT2D eigenvalue weighted by atomic mass is 35.5. The first kappa shape index (κ1) is 16.9. The van der Waals surface area contributed by atoms with Gasteiger partial charge < -0.3 is 10.6 Å². The van der Waals surface area contributed by atoms with Gasteiger partial charge in [0.05, 0.1) is 4.90 Å². The third-order valence-corrected chi connectivity index (χ3v) is 3.93. The molecule has 7 nitrogen and oxygen atoms in total. The van der Waals surface area contributed by atoms with Gasteiger partial charge >= 0.3 is 11.8 Å². The molecule has 0 unspecified atom stereocenters. The zero-order valence-corrected chi connectivity index (χ0v) is 13.2. The molecule has 2 aromatic carbocycles. The lowest BCUT2D eigenvalue weighted by atomic mass is 10.3. The number of rotatable bonds is 3. The Balaban J connectivity index is 2.01. The summed E-state index contributed by atoms with van der Waals surface area (Å²) in [6, 6.07) is 11.3. The van der Waals surface area contributed by atoms with Crippen LogP contribution in [0.2, 0.25) is 5.02 Å². The van der Waals surface area contributed by atoms with Gasteiger partial charge in [-0.1, -0.05) is 11.6 Å². The number of nitrogens with two attached hydrogens (primary N) is 1. The van der Waals surface area contributed by atoms with Crippen molar-refractivity contribution >= 4 is 44.8 Å². The fourth-order valence-electron chi connectivity index (χ4n) is 1.64. The molecule has 2 aromatic rings. The minimum absolute atomic E-state index is 0.0962. The second kappa shape index (κ2) is 6.78. The highest BCUT2D eigenvalue weighted by Crippen LogP contribution is 2.14. The molecule has 0 bridgehead atoms. The molecule has 0 aromatic heterocycles. The lowest BCUT2D eigenvalue weighted by Crippen LogP contribution is -2.29. The normalized spacial score (nSPS) is 10.9. The first-order valence-electron chi connectivity index (χ1n) is 6.26. The molecule has 0 aliphatic heterocycles. The standard InChI is InChI=1S/C14H12ClN3O4S/c15-9-1-3-10(4-2-9)17-13(19)14(20)18-11-5-7-12(8-6-11)23(16,21)22/h1-8H,(H,17,19)(H,18,20)(H2,16,21,22).